The molecule has 0 saturated carbocycles. The molecular weight excluding hydrogens is 432 g/mol. The highest BCUT2D eigenvalue weighted by atomic mass is 79.9. The average Bonchev–Trinajstić information content (AvgIpc) is 2.64. The van der Waals surface area contributed by atoms with Crippen LogP contribution in [0, 0.1) is 6.92 Å². The summed E-state index contributed by atoms with van der Waals surface area (Å²) < 4.78 is 6.65. The molecular formula is C23H29BrN2O3. The normalized spacial score (nSPS) is 12.2. The van der Waals surface area contributed by atoms with Crippen LogP contribution in [0.25, 0.3) is 0 Å². The Morgan fingerprint density at radius 1 is 1.14 bits per heavy atom. The molecule has 2 aromatic rings. The highest BCUT2D eigenvalue weighted by Gasteiger charge is 2.28. The van der Waals surface area contributed by atoms with Crippen molar-refractivity contribution in [1.29, 1.82) is 0 Å². The summed E-state index contributed by atoms with van der Waals surface area (Å²) >= 11 is 3.42. The van der Waals surface area contributed by atoms with Crippen molar-refractivity contribution in [3.05, 3.63) is 64.1 Å². The predicted molar refractivity (Wildman–Crippen MR) is 119 cm³/mol. The molecule has 0 unspecified atom stereocenters. The maximum absolute atomic E-state index is 13.0. The Morgan fingerprint density at radius 2 is 1.79 bits per heavy atom. The second-order valence-electron chi connectivity index (χ2n) is 8.17. The highest BCUT2D eigenvalue weighted by molar-refractivity contribution is 9.10. The van der Waals surface area contributed by atoms with E-state index in [1.807, 2.05) is 76.2 Å². The Labute approximate surface area is 181 Å². The van der Waals surface area contributed by atoms with Crippen LogP contribution >= 0.6 is 15.9 Å². The van der Waals surface area contributed by atoms with Gasteiger partial charge in [-0.05, 0) is 70.0 Å². The van der Waals surface area contributed by atoms with Crippen molar-refractivity contribution in [2.75, 3.05) is 6.61 Å². The minimum atomic E-state index is -0.633. The van der Waals surface area contributed by atoms with Gasteiger partial charge in [0.15, 0.2) is 6.61 Å². The predicted octanol–water partition coefficient (Wildman–Crippen LogP) is 4.47. The van der Waals surface area contributed by atoms with Gasteiger partial charge in [0.1, 0.15) is 11.8 Å². The van der Waals surface area contributed by atoms with Crippen LogP contribution in [0.3, 0.4) is 0 Å². The van der Waals surface area contributed by atoms with Crippen LogP contribution < -0.4 is 10.1 Å². The van der Waals surface area contributed by atoms with E-state index in [0.29, 0.717) is 12.3 Å². The van der Waals surface area contributed by atoms with E-state index in [1.54, 1.807) is 11.8 Å². The zero-order chi connectivity index (χ0) is 21.6. The first-order valence-electron chi connectivity index (χ1n) is 9.60. The van der Waals surface area contributed by atoms with Crippen LogP contribution in [0.1, 0.15) is 38.8 Å². The lowest BCUT2D eigenvalue weighted by Crippen LogP contribution is -2.53. The molecule has 0 aliphatic rings. The van der Waals surface area contributed by atoms with Crippen LogP contribution in [0.2, 0.25) is 0 Å². The fraction of sp³-hybridized carbons (Fsp3) is 0.391. The maximum Gasteiger partial charge on any atom is 0.261 e. The SMILES string of the molecule is Cc1cccc(OCC(=O)N(Cc2ccc(Br)cc2)[C@H](C)C(=O)NC(C)(C)C)c1. The van der Waals surface area contributed by atoms with Gasteiger partial charge in [0.25, 0.3) is 5.91 Å². The molecule has 0 fully saturated rings. The summed E-state index contributed by atoms with van der Waals surface area (Å²) in [6.45, 7) is 9.64. The van der Waals surface area contributed by atoms with Crippen molar-refractivity contribution in [3.8, 4) is 5.75 Å². The van der Waals surface area contributed by atoms with Gasteiger partial charge in [-0.25, -0.2) is 0 Å². The molecule has 29 heavy (non-hydrogen) atoms. The lowest BCUT2D eigenvalue weighted by Gasteiger charge is -2.31. The van der Waals surface area contributed by atoms with Gasteiger partial charge in [0, 0.05) is 16.6 Å². The molecule has 0 aromatic heterocycles. The van der Waals surface area contributed by atoms with Gasteiger partial charge in [-0.3, -0.25) is 9.59 Å². The van der Waals surface area contributed by atoms with Gasteiger partial charge in [0.2, 0.25) is 5.91 Å². The van der Waals surface area contributed by atoms with Gasteiger partial charge < -0.3 is 15.0 Å². The van der Waals surface area contributed by atoms with Crippen molar-refractivity contribution in [2.24, 2.45) is 0 Å². The topological polar surface area (TPSA) is 58.6 Å². The Balaban J connectivity index is 2.16. The van der Waals surface area contributed by atoms with Crippen molar-refractivity contribution in [1.82, 2.24) is 10.2 Å². The molecule has 1 N–H and O–H groups in total. The molecule has 0 aliphatic carbocycles. The fourth-order valence-corrected chi connectivity index (χ4v) is 3.04. The smallest absolute Gasteiger partial charge is 0.261 e. The summed E-state index contributed by atoms with van der Waals surface area (Å²) in [6, 6.07) is 14.6. The Hall–Kier alpha value is -2.34. The van der Waals surface area contributed by atoms with Crippen molar-refractivity contribution >= 4 is 27.7 Å². The van der Waals surface area contributed by atoms with E-state index in [1.165, 1.54) is 0 Å². The second-order valence-corrected chi connectivity index (χ2v) is 9.08. The molecule has 0 bridgehead atoms. The van der Waals surface area contributed by atoms with Crippen LogP contribution in [0.5, 0.6) is 5.75 Å². The molecule has 2 amide bonds. The molecule has 5 nitrogen and oxygen atoms in total. The van der Waals surface area contributed by atoms with Gasteiger partial charge >= 0.3 is 0 Å². The van der Waals surface area contributed by atoms with E-state index in [4.69, 9.17) is 4.74 Å². The second kappa shape index (κ2) is 9.92. The van der Waals surface area contributed by atoms with E-state index < -0.39 is 6.04 Å². The van der Waals surface area contributed by atoms with Crippen LogP contribution in [0.15, 0.2) is 53.0 Å². The van der Waals surface area contributed by atoms with E-state index in [-0.39, 0.29) is 24.0 Å². The van der Waals surface area contributed by atoms with Crippen LogP contribution in [-0.2, 0) is 16.1 Å². The number of nitrogens with zero attached hydrogens (tertiary/aromatic N) is 1. The number of nitrogens with one attached hydrogen (secondary N) is 1. The minimum Gasteiger partial charge on any atom is -0.484 e. The minimum absolute atomic E-state index is 0.132. The Kier molecular flexibility index (Phi) is 7.85. The molecule has 0 spiro atoms. The molecule has 2 rings (SSSR count). The number of carbonyl (C=O) groups excluding carboxylic acids is 2. The standard InChI is InChI=1S/C23H29BrN2O3/c1-16-7-6-8-20(13-16)29-15-21(27)26(14-18-9-11-19(24)12-10-18)17(2)22(28)25-23(3,4)5/h6-13,17H,14-15H2,1-5H3,(H,25,28)/t17-/m1/s1. The molecule has 0 saturated heterocycles. The van der Waals surface area contributed by atoms with Gasteiger partial charge in [-0.2, -0.15) is 0 Å². The summed E-state index contributed by atoms with van der Waals surface area (Å²) in [4.78, 5) is 27.3. The number of amides is 2. The number of rotatable bonds is 7. The van der Waals surface area contributed by atoms with E-state index >= 15 is 0 Å². The molecule has 0 heterocycles. The summed E-state index contributed by atoms with van der Waals surface area (Å²) in [5, 5.41) is 2.95. The van der Waals surface area contributed by atoms with Gasteiger partial charge in [0.05, 0.1) is 0 Å². The number of carbonyl (C=O) groups is 2. The lowest BCUT2D eigenvalue weighted by molar-refractivity contribution is -0.142. The fourth-order valence-electron chi connectivity index (χ4n) is 2.78. The van der Waals surface area contributed by atoms with E-state index in [0.717, 1.165) is 15.6 Å². The summed E-state index contributed by atoms with van der Waals surface area (Å²) in [6.07, 6.45) is 0. The first-order valence-corrected chi connectivity index (χ1v) is 10.4. The van der Waals surface area contributed by atoms with E-state index in [9.17, 15) is 9.59 Å². The first kappa shape index (κ1) is 22.9. The third-order valence-electron chi connectivity index (χ3n) is 4.28. The maximum atomic E-state index is 13.0. The molecule has 6 heteroatoms. The Bertz CT molecular complexity index is 844. The molecule has 0 radical (unpaired) electrons. The molecule has 156 valence electrons. The summed E-state index contributed by atoms with van der Waals surface area (Å²) in [7, 11) is 0. The number of benzene rings is 2. The van der Waals surface area contributed by atoms with Crippen LogP contribution in [0.4, 0.5) is 0 Å². The number of hydrogen-bond acceptors (Lipinski definition) is 3. The number of halogens is 1. The third kappa shape index (κ3) is 7.54. The monoisotopic (exact) mass is 460 g/mol. The summed E-state index contributed by atoms with van der Waals surface area (Å²) in [5.74, 6) is 0.193. The van der Waals surface area contributed by atoms with Crippen molar-refractivity contribution in [2.45, 2.75) is 52.7 Å². The first-order chi connectivity index (χ1) is 13.5. The highest BCUT2D eigenvalue weighted by Crippen LogP contribution is 2.16. The number of aryl methyl sites for hydroxylation is 1. The molecule has 0 aliphatic heterocycles. The van der Waals surface area contributed by atoms with Gasteiger partial charge in [-0.1, -0.05) is 40.2 Å². The lowest BCUT2D eigenvalue weighted by atomic mass is 10.1. The molecule has 1 atom stereocenters. The zero-order valence-corrected chi connectivity index (χ0v) is 19.2. The zero-order valence-electron chi connectivity index (χ0n) is 17.7. The third-order valence-corrected chi connectivity index (χ3v) is 4.81. The summed E-state index contributed by atoms with van der Waals surface area (Å²) in [5.41, 5.74) is 1.61. The van der Waals surface area contributed by atoms with Crippen molar-refractivity contribution < 1.29 is 14.3 Å². The molecule has 2 aromatic carbocycles. The van der Waals surface area contributed by atoms with E-state index in [2.05, 4.69) is 21.2 Å². The Morgan fingerprint density at radius 3 is 2.38 bits per heavy atom. The average molecular weight is 461 g/mol. The van der Waals surface area contributed by atoms with Crippen molar-refractivity contribution in [3.63, 3.8) is 0 Å². The number of ether oxygens (including phenoxy) is 1. The number of hydrogen-bond donors (Lipinski definition) is 1. The largest absolute Gasteiger partial charge is 0.484 e. The van der Waals surface area contributed by atoms with Crippen LogP contribution in [-0.4, -0.2) is 34.9 Å². The van der Waals surface area contributed by atoms with Gasteiger partial charge in [-0.15, -0.1) is 0 Å². The quantitative estimate of drug-likeness (QED) is 0.662.